The standard InChI is InChI=1S/C18H26O5/c19-18(21-11-13-4-6-15-17(9-13)23-15)2-1-7-20-10-12-3-5-14-16(8-12)22-14/h1-2,12-17H,3-11H2. The number of fused-ring (bicyclic) bond motifs is 2. The lowest BCUT2D eigenvalue weighted by Crippen LogP contribution is -2.20. The predicted molar refractivity (Wildman–Crippen MR) is 82.9 cm³/mol. The maximum Gasteiger partial charge on any atom is 0.330 e. The molecule has 0 radical (unpaired) electrons. The first-order valence-electron chi connectivity index (χ1n) is 9.00. The maximum atomic E-state index is 11.7. The van der Waals surface area contributed by atoms with Crippen molar-refractivity contribution in [2.24, 2.45) is 11.8 Å². The highest BCUT2D eigenvalue weighted by atomic mass is 16.6. The summed E-state index contributed by atoms with van der Waals surface area (Å²) in [6.45, 7) is 1.75. The van der Waals surface area contributed by atoms with Crippen molar-refractivity contribution in [3.63, 3.8) is 0 Å². The zero-order valence-corrected chi connectivity index (χ0v) is 13.5. The molecule has 4 aliphatic rings. The summed E-state index contributed by atoms with van der Waals surface area (Å²) in [5.74, 6) is 0.810. The van der Waals surface area contributed by atoms with Gasteiger partial charge in [0.2, 0.25) is 0 Å². The second kappa shape index (κ2) is 6.91. The van der Waals surface area contributed by atoms with E-state index in [-0.39, 0.29) is 5.97 Å². The Labute approximate surface area is 137 Å². The van der Waals surface area contributed by atoms with Crippen LogP contribution in [0.3, 0.4) is 0 Å². The van der Waals surface area contributed by atoms with Crippen LogP contribution in [0.2, 0.25) is 0 Å². The SMILES string of the molecule is O=C(C=CCOCC1CCC2OC2C1)OCC1CCC2OC2C1. The molecule has 0 bridgehead atoms. The average Bonchev–Trinajstić information content (AvgIpc) is 3.45. The third-order valence-electron chi connectivity index (χ3n) is 5.51. The largest absolute Gasteiger partial charge is 0.462 e. The molecule has 6 unspecified atom stereocenters. The molecule has 2 aliphatic carbocycles. The van der Waals surface area contributed by atoms with Crippen LogP contribution in [0.25, 0.3) is 0 Å². The van der Waals surface area contributed by atoms with Crippen LogP contribution < -0.4 is 0 Å². The lowest BCUT2D eigenvalue weighted by molar-refractivity contribution is -0.139. The second-order valence-corrected chi connectivity index (χ2v) is 7.35. The van der Waals surface area contributed by atoms with Crippen LogP contribution in [-0.4, -0.2) is 50.2 Å². The molecule has 23 heavy (non-hydrogen) atoms. The van der Waals surface area contributed by atoms with E-state index in [1.54, 1.807) is 6.08 Å². The zero-order chi connectivity index (χ0) is 15.6. The molecule has 0 spiro atoms. The molecule has 5 heteroatoms. The number of carbonyl (C=O) groups excluding carboxylic acids is 1. The van der Waals surface area contributed by atoms with Crippen molar-refractivity contribution in [3.8, 4) is 0 Å². The van der Waals surface area contributed by atoms with Crippen molar-refractivity contribution in [3.05, 3.63) is 12.2 Å². The van der Waals surface area contributed by atoms with Crippen molar-refractivity contribution in [2.75, 3.05) is 19.8 Å². The lowest BCUT2D eigenvalue weighted by atomic mass is 9.90. The molecule has 2 heterocycles. The maximum absolute atomic E-state index is 11.7. The molecule has 4 fully saturated rings. The predicted octanol–water partition coefficient (Wildman–Crippen LogP) is 2.24. The fourth-order valence-electron chi connectivity index (χ4n) is 3.97. The summed E-state index contributed by atoms with van der Waals surface area (Å²) in [6.07, 6.45) is 12.0. The molecule has 0 aromatic carbocycles. The highest BCUT2D eigenvalue weighted by Crippen LogP contribution is 2.40. The van der Waals surface area contributed by atoms with Crippen LogP contribution in [0.1, 0.15) is 38.5 Å². The summed E-state index contributed by atoms with van der Waals surface area (Å²) < 4.78 is 22.0. The third-order valence-corrected chi connectivity index (χ3v) is 5.51. The number of epoxide rings is 2. The Kier molecular flexibility index (Phi) is 4.69. The Morgan fingerprint density at radius 1 is 0.913 bits per heavy atom. The van der Waals surface area contributed by atoms with Gasteiger partial charge in [-0.1, -0.05) is 6.08 Å². The van der Waals surface area contributed by atoms with Crippen molar-refractivity contribution < 1.29 is 23.7 Å². The normalized spacial score (nSPS) is 41.2. The van der Waals surface area contributed by atoms with E-state index < -0.39 is 0 Å². The Balaban J connectivity index is 1.05. The molecule has 0 amide bonds. The zero-order valence-electron chi connectivity index (χ0n) is 13.5. The molecule has 0 aromatic rings. The molecule has 2 aliphatic heterocycles. The highest BCUT2D eigenvalue weighted by molar-refractivity contribution is 5.81. The van der Waals surface area contributed by atoms with E-state index in [2.05, 4.69) is 0 Å². The van der Waals surface area contributed by atoms with Crippen molar-refractivity contribution in [1.82, 2.24) is 0 Å². The van der Waals surface area contributed by atoms with E-state index >= 15 is 0 Å². The fourth-order valence-corrected chi connectivity index (χ4v) is 3.97. The van der Waals surface area contributed by atoms with Crippen LogP contribution in [-0.2, 0) is 23.7 Å². The number of esters is 1. The van der Waals surface area contributed by atoms with Crippen molar-refractivity contribution >= 4 is 5.97 Å². The highest BCUT2D eigenvalue weighted by Gasteiger charge is 2.44. The van der Waals surface area contributed by atoms with E-state index in [1.165, 1.54) is 18.9 Å². The van der Waals surface area contributed by atoms with Crippen LogP contribution >= 0.6 is 0 Å². The third kappa shape index (κ3) is 4.34. The van der Waals surface area contributed by atoms with Gasteiger partial charge in [0.05, 0.1) is 37.6 Å². The van der Waals surface area contributed by atoms with E-state index in [4.69, 9.17) is 18.9 Å². The molecule has 128 valence electrons. The smallest absolute Gasteiger partial charge is 0.330 e. The van der Waals surface area contributed by atoms with Gasteiger partial charge in [-0.05, 0) is 50.4 Å². The summed E-state index contributed by atoms with van der Waals surface area (Å²) in [4.78, 5) is 11.7. The minimum Gasteiger partial charge on any atom is -0.462 e. The first-order chi connectivity index (χ1) is 11.3. The summed E-state index contributed by atoms with van der Waals surface area (Å²) in [7, 11) is 0. The fraction of sp³-hybridized carbons (Fsp3) is 0.833. The average molecular weight is 322 g/mol. The van der Waals surface area contributed by atoms with Crippen LogP contribution in [0.5, 0.6) is 0 Å². The molecular weight excluding hydrogens is 296 g/mol. The Hall–Kier alpha value is -0.910. The number of carbonyl (C=O) groups is 1. The second-order valence-electron chi connectivity index (χ2n) is 7.35. The Morgan fingerprint density at radius 2 is 1.57 bits per heavy atom. The van der Waals surface area contributed by atoms with Crippen LogP contribution in [0.15, 0.2) is 12.2 Å². The van der Waals surface area contributed by atoms with Gasteiger partial charge in [-0.25, -0.2) is 4.79 Å². The summed E-state index contributed by atoms with van der Waals surface area (Å²) >= 11 is 0. The Bertz CT molecular complexity index is 462. The Morgan fingerprint density at radius 3 is 2.22 bits per heavy atom. The first-order valence-corrected chi connectivity index (χ1v) is 9.00. The van der Waals surface area contributed by atoms with Gasteiger partial charge in [0.1, 0.15) is 0 Å². The number of ether oxygens (including phenoxy) is 4. The minimum atomic E-state index is -0.265. The molecule has 0 N–H and O–H groups in total. The summed E-state index contributed by atoms with van der Waals surface area (Å²) in [6, 6.07) is 0. The molecule has 2 saturated heterocycles. The van der Waals surface area contributed by atoms with E-state index in [9.17, 15) is 4.79 Å². The number of rotatable bonds is 7. The van der Waals surface area contributed by atoms with E-state index in [0.29, 0.717) is 49.5 Å². The van der Waals surface area contributed by atoms with Gasteiger partial charge in [-0.15, -0.1) is 0 Å². The quantitative estimate of drug-likeness (QED) is 0.311. The molecule has 4 rings (SSSR count). The summed E-state index contributed by atoms with van der Waals surface area (Å²) in [5, 5.41) is 0. The van der Waals surface area contributed by atoms with Gasteiger partial charge in [-0.2, -0.15) is 0 Å². The van der Waals surface area contributed by atoms with Crippen molar-refractivity contribution in [2.45, 2.75) is 62.9 Å². The first kappa shape index (κ1) is 15.6. The van der Waals surface area contributed by atoms with Gasteiger partial charge in [-0.3, -0.25) is 0 Å². The van der Waals surface area contributed by atoms with Crippen LogP contribution in [0.4, 0.5) is 0 Å². The summed E-state index contributed by atoms with van der Waals surface area (Å²) in [5.41, 5.74) is 0. The van der Waals surface area contributed by atoms with Gasteiger partial charge < -0.3 is 18.9 Å². The topological polar surface area (TPSA) is 60.6 Å². The van der Waals surface area contributed by atoms with Crippen molar-refractivity contribution in [1.29, 1.82) is 0 Å². The van der Waals surface area contributed by atoms with E-state index in [0.717, 1.165) is 32.3 Å². The molecule has 0 aromatic heterocycles. The van der Waals surface area contributed by atoms with Gasteiger partial charge in [0, 0.05) is 12.7 Å². The van der Waals surface area contributed by atoms with Gasteiger partial charge >= 0.3 is 5.97 Å². The van der Waals surface area contributed by atoms with E-state index in [1.807, 2.05) is 0 Å². The minimum absolute atomic E-state index is 0.265. The van der Waals surface area contributed by atoms with Gasteiger partial charge in [0.25, 0.3) is 0 Å². The molecule has 5 nitrogen and oxygen atoms in total. The van der Waals surface area contributed by atoms with Crippen LogP contribution in [0, 0.1) is 11.8 Å². The molecule has 2 saturated carbocycles. The number of hydrogen-bond donors (Lipinski definition) is 0. The number of hydrogen-bond acceptors (Lipinski definition) is 5. The molecule has 6 atom stereocenters. The molecular formula is C18H26O5. The van der Waals surface area contributed by atoms with Gasteiger partial charge in [0.15, 0.2) is 0 Å². The monoisotopic (exact) mass is 322 g/mol. The lowest BCUT2D eigenvalue weighted by Gasteiger charge is -2.18.